The van der Waals surface area contributed by atoms with E-state index in [2.05, 4.69) is 26.0 Å². The number of thioether (sulfide) groups is 2. The van der Waals surface area contributed by atoms with Gasteiger partial charge in [-0.15, -0.1) is 23.5 Å². The number of β-lactam (4-membered cyclic amide) rings is 2. The fourth-order valence-corrected chi connectivity index (χ4v) is 11.1. The maximum atomic E-state index is 13.1. The second kappa shape index (κ2) is 21.9. The Balaban J connectivity index is 0.000000340. The molecule has 5 aliphatic heterocycles. The SMILES string of the molecule is CC1(C)S[C@@H]2[C@H](NC(=O)[C@H](NC(=O)N3CCNC3=O)c3ccccc3)C(=O)N2[C@H]1C(=O)[O-].CCOC(=O)OC(C)OC(=O)[C@@H]1N2C(=O)[C@@H](NC(=O)[C@H](N)c3ccccc3)[C@H]2SC1(C)C.[Cl-].[H+].[Na+]. The summed E-state index contributed by atoms with van der Waals surface area (Å²) >= 11 is 2.65. The summed E-state index contributed by atoms with van der Waals surface area (Å²) in [5.74, 6) is -4.09. The van der Waals surface area contributed by atoms with Gasteiger partial charge in [-0.05, 0) is 45.7 Å². The van der Waals surface area contributed by atoms with E-state index in [0.29, 0.717) is 17.7 Å². The Hall–Kier alpha value is -4.78. The van der Waals surface area contributed by atoms with E-state index >= 15 is 0 Å². The minimum absolute atomic E-state index is 0. The molecule has 352 valence electrons. The molecule has 5 aliphatic rings. The maximum Gasteiger partial charge on any atom is 1.00 e. The number of benzene rings is 2. The van der Waals surface area contributed by atoms with Crippen LogP contribution in [0.4, 0.5) is 14.4 Å². The van der Waals surface area contributed by atoms with Crippen LogP contribution in [0.3, 0.4) is 0 Å². The molecule has 0 bridgehead atoms. The van der Waals surface area contributed by atoms with Gasteiger partial charge in [0.1, 0.15) is 41.0 Å². The van der Waals surface area contributed by atoms with Crippen molar-refractivity contribution in [3.8, 4) is 0 Å². The number of hydrogen-bond acceptors (Lipinski definition) is 16. The van der Waals surface area contributed by atoms with Gasteiger partial charge in [0, 0.05) is 29.5 Å². The van der Waals surface area contributed by atoms with Gasteiger partial charge in [0.05, 0.1) is 18.6 Å². The van der Waals surface area contributed by atoms with Crippen molar-refractivity contribution in [1.82, 2.24) is 36.0 Å². The molecular weight excluding hydrogens is 935 g/mol. The molecule has 66 heavy (non-hydrogen) atoms. The van der Waals surface area contributed by atoms with Gasteiger partial charge in [-0.25, -0.2) is 24.1 Å². The van der Waals surface area contributed by atoms with Crippen molar-refractivity contribution in [3.05, 3.63) is 71.8 Å². The van der Waals surface area contributed by atoms with Crippen LogP contribution in [0.25, 0.3) is 0 Å². The van der Waals surface area contributed by atoms with Crippen LogP contribution in [0, 0.1) is 0 Å². The van der Waals surface area contributed by atoms with Crippen LogP contribution in [0.15, 0.2) is 60.7 Å². The van der Waals surface area contributed by atoms with E-state index in [-0.39, 0.29) is 56.5 Å². The second-order valence-corrected chi connectivity index (χ2v) is 19.7. The molecule has 7 rings (SSSR count). The first-order valence-corrected chi connectivity index (χ1v) is 22.0. The van der Waals surface area contributed by atoms with Crippen molar-refractivity contribution in [2.75, 3.05) is 19.7 Å². The van der Waals surface area contributed by atoms with Gasteiger partial charge in [-0.3, -0.25) is 19.2 Å². The van der Waals surface area contributed by atoms with Gasteiger partial charge in [0.15, 0.2) is 0 Å². The average molecular weight is 985 g/mol. The number of carboxylic acid groups (broad SMARTS) is 1. The van der Waals surface area contributed by atoms with E-state index in [1.807, 2.05) is 6.07 Å². The smallest absolute Gasteiger partial charge is 1.00 e. The number of hydrogen-bond donors (Lipinski definition) is 5. The third kappa shape index (κ3) is 11.1. The quantitative estimate of drug-likeness (QED) is 0.0573. The Bertz CT molecular complexity index is 2210. The number of carbonyl (C=O) groups is 9. The number of urea groups is 2. The van der Waals surface area contributed by atoms with Crippen molar-refractivity contribution in [3.63, 3.8) is 0 Å². The van der Waals surface area contributed by atoms with Crippen molar-refractivity contribution >= 4 is 77.3 Å². The number of esters is 1. The minimum atomic E-state index is -1.35. The van der Waals surface area contributed by atoms with Gasteiger partial charge in [0.25, 0.3) is 0 Å². The van der Waals surface area contributed by atoms with E-state index in [4.69, 9.17) is 15.2 Å². The molecule has 0 spiro atoms. The molecular formula is C41H50ClN8NaO13S2. The van der Waals surface area contributed by atoms with E-state index in [0.717, 1.165) is 4.90 Å². The molecule has 5 heterocycles. The molecule has 1 unspecified atom stereocenters. The normalized spacial score (nSPS) is 25.1. The molecule has 9 atom stereocenters. The van der Waals surface area contributed by atoms with Crippen LogP contribution in [0.1, 0.15) is 66.2 Å². The number of ether oxygens (including phenoxy) is 3. The number of nitrogens with zero attached hydrogens (tertiary/aromatic N) is 3. The van der Waals surface area contributed by atoms with Crippen LogP contribution in [0.5, 0.6) is 0 Å². The van der Waals surface area contributed by atoms with Crippen LogP contribution in [-0.4, -0.2) is 139 Å². The van der Waals surface area contributed by atoms with E-state index < -0.39 is 117 Å². The summed E-state index contributed by atoms with van der Waals surface area (Å²) in [5.41, 5.74) is 7.12. The predicted molar refractivity (Wildman–Crippen MR) is 227 cm³/mol. The van der Waals surface area contributed by atoms with Crippen LogP contribution in [0.2, 0.25) is 0 Å². The maximum absolute atomic E-state index is 13.1. The molecule has 6 N–H and O–H groups in total. The van der Waals surface area contributed by atoms with Crippen LogP contribution < -0.4 is 74.1 Å². The van der Waals surface area contributed by atoms with E-state index in [1.165, 1.54) is 40.2 Å². The number of nitrogens with two attached hydrogens (primary N) is 1. The van der Waals surface area contributed by atoms with Crippen molar-refractivity contribution in [2.24, 2.45) is 5.73 Å². The molecule has 5 fully saturated rings. The number of carboxylic acids is 1. The first-order chi connectivity index (χ1) is 30.2. The molecule has 2 aromatic rings. The summed E-state index contributed by atoms with van der Waals surface area (Å²) < 4.78 is 13.3. The predicted octanol–water partition coefficient (Wildman–Crippen LogP) is -5.82. The third-order valence-electron chi connectivity index (χ3n) is 10.9. The van der Waals surface area contributed by atoms with Crippen LogP contribution in [-0.2, 0) is 43.0 Å². The number of carbonyl (C=O) groups excluding carboxylic acids is 9. The fraction of sp³-hybridized carbons (Fsp3) is 0.488. The Kier molecular flexibility index (Phi) is 17.9. The first-order valence-electron chi connectivity index (χ1n) is 20.2. The number of nitrogens with one attached hydrogen (secondary N) is 4. The Morgan fingerprint density at radius 2 is 1.33 bits per heavy atom. The third-order valence-corrected chi connectivity index (χ3v) is 14.1. The Morgan fingerprint density at radius 3 is 1.83 bits per heavy atom. The van der Waals surface area contributed by atoms with Gasteiger partial charge in [-0.1, -0.05) is 60.7 Å². The Labute approximate surface area is 418 Å². The zero-order valence-electron chi connectivity index (χ0n) is 38.0. The number of amides is 8. The first kappa shape index (κ1) is 53.8. The average Bonchev–Trinajstić information content (AvgIpc) is 3.88. The molecule has 2 aromatic carbocycles. The molecule has 5 saturated heterocycles. The summed E-state index contributed by atoms with van der Waals surface area (Å²) in [7, 11) is 0. The number of aliphatic carboxylic acids is 1. The zero-order valence-corrected chi connectivity index (χ0v) is 41.4. The summed E-state index contributed by atoms with van der Waals surface area (Å²) in [6.07, 6.45) is -2.14. The second-order valence-electron chi connectivity index (χ2n) is 16.2. The molecule has 25 heteroatoms. The summed E-state index contributed by atoms with van der Waals surface area (Å²) in [4.78, 5) is 115. The molecule has 0 radical (unpaired) electrons. The Morgan fingerprint density at radius 1 is 0.833 bits per heavy atom. The monoisotopic (exact) mass is 984 g/mol. The topological polar surface area (TPSA) is 288 Å². The molecule has 0 aromatic heterocycles. The van der Waals surface area contributed by atoms with E-state index in [1.54, 1.807) is 89.2 Å². The zero-order chi connectivity index (χ0) is 46.8. The summed E-state index contributed by atoms with van der Waals surface area (Å²) in [5, 5.41) is 21.0. The van der Waals surface area contributed by atoms with Gasteiger partial charge >= 0.3 is 55.2 Å². The van der Waals surface area contributed by atoms with E-state index in [9.17, 15) is 48.3 Å². The van der Waals surface area contributed by atoms with Gasteiger partial charge < -0.3 is 73.3 Å². The summed E-state index contributed by atoms with van der Waals surface area (Å²) in [6.45, 7) is 10.6. The van der Waals surface area contributed by atoms with Gasteiger partial charge in [-0.2, -0.15) is 0 Å². The molecule has 21 nitrogen and oxygen atoms in total. The number of imide groups is 1. The standard InChI is InChI=1S/C21H27N3O7S.C20H23N5O6S.ClH.Na/c1-5-29-20(28)31-11(2)30-19(27)15-21(3,4)32-18-14(17(26)24(15)18)23-16(25)13(22)12-9-7-6-8-10-12;1-20(2)13(17(28)29)25-15(27)12(16(25)32-20)22-14(26)11(10-6-4-3-5-7-10)23-19(31)24-9-8-21-18(24)30;;/h6-11,13-15,18H,5,22H2,1-4H3,(H,23,25);3-7,11-13,16H,8-9H2,1-2H3,(H,21,30)(H,22,26)(H,23,31)(H,28,29);1H;/q;;;+1/p-1/t11?,13-,14-,15+,18-;11-,12-,13+,16-;;/m11../s1. The fourth-order valence-electron chi connectivity index (χ4n) is 7.90. The molecule has 0 saturated carbocycles. The summed E-state index contributed by atoms with van der Waals surface area (Å²) in [6, 6.07) is 10.1. The van der Waals surface area contributed by atoms with Crippen LogP contribution >= 0.6 is 23.5 Å². The van der Waals surface area contributed by atoms with Crippen molar-refractivity contribution in [1.29, 1.82) is 0 Å². The largest absolute Gasteiger partial charge is 1.00 e. The number of halogens is 1. The number of fused-ring (bicyclic) bond motifs is 2. The minimum Gasteiger partial charge on any atom is -1.00 e. The molecule has 8 amide bonds. The van der Waals surface area contributed by atoms with Crippen molar-refractivity contribution in [2.45, 2.75) is 104 Å². The number of rotatable bonds is 12. The van der Waals surface area contributed by atoms with Crippen molar-refractivity contribution < 1.29 is 106 Å². The molecule has 0 aliphatic carbocycles. The van der Waals surface area contributed by atoms with Gasteiger partial charge in [0.2, 0.25) is 29.9 Å².